The summed E-state index contributed by atoms with van der Waals surface area (Å²) in [4.78, 5) is 7.24. The Balaban J connectivity index is 1.81. The molecular weight excluding hydrogens is 312 g/mol. The fraction of sp³-hybridized carbons (Fsp3) is 0.789. The molecule has 1 heterocycles. The number of aryl methyl sites for hydroxylation is 1. The molecule has 6 nitrogen and oxygen atoms in total. The maximum absolute atomic E-state index is 4.88. The molecule has 1 fully saturated rings. The topological polar surface area (TPSA) is 57.5 Å². The van der Waals surface area contributed by atoms with Crippen LogP contribution >= 0.6 is 0 Å². The van der Waals surface area contributed by atoms with Crippen molar-refractivity contribution in [1.82, 2.24) is 25.3 Å². The van der Waals surface area contributed by atoms with Crippen molar-refractivity contribution in [2.75, 3.05) is 33.7 Å². The highest BCUT2D eigenvalue weighted by molar-refractivity contribution is 5.79. The van der Waals surface area contributed by atoms with Gasteiger partial charge in [0.05, 0.1) is 6.54 Å². The second kappa shape index (κ2) is 11.1. The van der Waals surface area contributed by atoms with Crippen LogP contribution in [0.2, 0.25) is 0 Å². The fourth-order valence-corrected chi connectivity index (χ4v) is 3.66. The van der Waals surface area contributed by atoms with E-state index in [9.17, 15) is 0 Å². The van der Waals surface area contributed by atoms with E-state index in [1.54, 1.807) is 0 Å². The lowest BCUT2D eigenvalue weighted by Gasteiger charge is -2.34. The van der Waals surface area contributed by atoms with Crippen LogP contribution in [0.15, 0.2) is 23.5 Å². The molecule has 1 aliphatic carbocycles. The molecule has 1 saturated carbocycles. The summed E-state index contributed by atoms with van der Waals surface area (Å²) in [5, 5.41) is 11.1. The van der Waals surface area contributed by atoms with Crippen LogP contribution in [0.4, 0.5) is 0 Å². The molecule has 2 N–H and O–H groups in total. The number of guanidine groups is 1. The minimum absolute atomic E-state index is 0.542. The van der Waals surface area contributed by atoms with Crippen LogP contribution in [0, 0.1) is 5.92 Å². The van der Waals surface area contributed by atoms with Crippen LogP contribution < -0.4 is 10.6 Å². The third-order valence-corrected chi connectivity index (χ3v) is 5.05. The van der Waals surface area contributed by atoms with Crippen molar-refractivity contribution in [3.63, 3.8) is 0 Å². The first-order valence-electron chi connectivity index (χ1n) is 9.86. The van der Waals surface area contributed by atoms with Gasteiger partial charge in [-0.15, -0.1) is 0 Å². The predicted octanol–water partition coefficient (Wildman–Crippen LogP) is 2.34. The maximum Gasteiger partial charge on any atom is 0.191 e. The normalized spacial score (nSPS) is 17.7. The van der Waals surface area contributed by atoms with Crippen molar-refractivity contribution in [3.05, 3.63) is 18.5 Å². The van der Waals surface area contributed by atoms with Gasteiger partial charge in [-0.3, -0.25) is 9.67 Å². The third kappa shape index (κ3) is 7.06. The fourth-order valence-electron chi connectivity index (χ4n) is 3.66. The van der Waals surface area contributed by atoms with Crippen LogP contribution in [-0.2, 0) is 6.54 Å². The van der Waals surface area contributed by atoms with Gasteiger partial charge in [0.15, 0.2) is 5.96 Å². The van der Waals surface area contributed by atoms with E-state index in [4.69, 9.17) is 4.99 Å². The van der Waals surface area contributed by atoms with Gasteiger partial charge in [-0.25, -0.2) is 0 Å². The van der Waals surface area contributed by atoms with Crippen LogP contribution in [-0.4, -0.2) is 60.4 Å². The smallest absolute Gasteiger partial charge is 0.191 e. The molecule has 0 spiro atoms. The van der Waals surface area contributed by atoms with Gasteiger partial charge < -0.3 is 15.5 Å². The Bertz CT molecular complexity index is 476. The highest BCUT2D eigenvalue weighted by Crippen LogP contribution is 2.28. The number of nitrogens with zero attached hydrogens (tertiary/aromatic N) is 4. The molecule has 0 saturated heterocycles. The number of aliphatic imine (C=N–C) groups is 1. The summed E-state index contributed by atoms with van der Waals surface area (Å²) in [7, 11) is 4.39. The van der Waals surface area contributed by atoms with Crippen LogP contribution in [0.3, 0.4) is 0 Å². The molecule has 142 valence electrons. The van der Waals surface area contributed by atoms with Gasteiger partial charge in [0.25, 0.3) is 0 Å². The van der Waals surface area contributed by atoms with Crippen molar-refractivity contribution in [3.8, 4) is 0 Å². The average molecular weight is 349 g/mol. The zero-order chi connectivity index (χ0) is 17.9. The van der Waals surface area contributed by atoms with E-state index in [2.05, 4.69) is 41.7 Å². The Morgan fingerprint density at radius 1 is 1.28 bits per heavy atom. The van der Waals surface area contributed by atoms with Gasteiger partial charge in [0.1, 0.15) is 0 Å². The van der Waals surface area contributed by atoms with E-state index in [0.717, 1.165) is 44.5 Å². The average Bonchev–Trinajstić information content (AvgIpc) is 3.13. The molecule has 0 aliphatic heterocycles. The Morgan fingerprint density at radius 3 is 2.72 bits per heavy atom. The zero-order valence-corrected chi connectivity index (χ0v) is 16.2. The van der Waals surface area contributed by atoms with Crippen molar-refractivity contribution in [2.45, 2.75) is 58.0 Å². The Hall–Kier alpha value is -1.56. The van der Waals surface area contributed by atoms with Gasteiger partial charge >= 0.3 is 0 Å². The highest BCUT2D eigenvalue weighted by Gasteiger charge is 2.25. The molecular formula is C19H36N6. The number of aromatic nitrogens is 2. The summed E-state index contributed by atoms with van der Waals surface area (Å²) in [6, 6.07) is 2.51. The van der Waals surface area contributed by atoms with Gasteiger partial charge in [-0.2, -0.15) is 5.10 Å². The van der Waals surface area contributed by atoms with Crippen LogP contribution in [0.1, 0.15) is 45.4 Å². The Kier molecular flexibility index (Phi) is 8.80. The Labute approximate surface area is 153 Å². The lowest BCUT2D eigenvalue weighted by atomic mass is 9.83. The number of likely N-dealkylation sites (N-methyl/N-ethyl adjacent to an activating group) is 1. The van der Waals surface area contributed by atoms with E-state index in [1.165, 1.54) is 32.1 Å². The quantitative estimate of drug-likeness (QED) is 0.409. The second-order valence-electron chi connectivity index (χ2n) is 7.20. The largest absolute Gasteiger partial charge is 0.357 e. The highest BCUT2D eigenvalue weighted by atomic mass is 15.3. The minimum Gasteiger partial charge on any atom is -0.357 e. The molecule has 0 radical (unpaired) electrons. The van der Waals surface area contributed by atoms with Crippen molar-refractivity contribution in [2.24, 2.45) is 10.9 Å². The molecule has 1 aromatic heterocycles. The van der Waals surface area contributed by atoms with E-state index in [-0.39, 0.29) is 0 Å². The molecule has 1 aliphatic rings. The summed E-state index contributed by atoms with van der Waals surface area (Å²) >= 11 is 0. The van der Waals surface area contributed by atoms with Crippen LogP contribution in [0.25, 0.3) is 0 Å². The summed E-state index contributed by atoms with van der Waals surface area (Å²) in [6.45, 7) is 5.71. The monoisotopic (exact) mass is 348 g/mol. The molecule has 0 bridgehead atoms. The number of rotatable bonds is 9. The SMILES string of the molecule is CCNC(=NCC(C1CCCCC1)N(C)C)NCCCn1cccn1. The van der Waals surface area contributed by atoms with E-state index in [1.807, 2.05) is 23.1 Å². The number of nitrogens with one attached hydrogen (secondary N) is 2. The lowest BCUT2D eigenvalue weighted by molar-refractivity contribution is 0.176. The van der Waals surface area contributed by atoms with Gasteiger partial charge in [-0.05, 0) is 52.3 Å². The minimum atomic E-state index is 0.542. The van der Waals surface area contributed by atoms with E-state index < -0.39 is 0 Å². The molecule has 6 heteroatoms. The molecule has 1 atom stereocenters. The van der Waals surface area contributed by atoms with Crippen molar-refractivity contribution in [1.29, 1.82) is 0 Å². The lowest BCUT2D eigenvalue weighted by Crippen LogP contribution is -2.42. The van der Waals surface area contributed by atoms with Crippen molar-refractivity contribution >= 4 is 5.96 Å². The Morgan fingerprint density at radius 2 is 2.08 bits per heavy atom. The first-order chi connectivity index (χ1) is 12.2. The number of hydrogen-bond acceptors (Lipinski definition) is 3. The van der Waals surface area contributed by atoms with Crippen molar-refractivity contribution < 1.29 is 0 Å². The standard InChI is InChI=1S/C19H36N6/c1-4-20-19(21-12-8-14-25-15-9-13-23-25)22-16-18(24(2)3)17-10-6-5-7-11-17/h9,13,15,17-18H,4-8,10-12,14,16H2,1-3H3,(H2,20,21,22). The molecule has 25 heavy (non-hydrogen) atoms. The van der Waals surface area contributed by atoms with Crippen LogP contribution in [0.5, 0.6) is 0 Å². The summed E-state index contributed by atoms with van der Waals surface area (Å²) < 4.78 is 1.97. The number of hydrogen-bond donors (Lipinski definition) is 2. The summed E-state index contributed by atoms with van der Waals surface area (Å²) in [6.07, 6.45) is 11.7. The molecule has 0 aromatic carbocycles. The molecule has 0 amide bonds. The second-order valence-corrected chi connectivity index (χ2v) is 7.20. The molecule has 1 unspecified atom stereocenters. The first-order valence-corrected chi connectivity index (χ1v) is 9.86. The molecule has 2 rings (SSSR count). The summed E-state index contributed by atoms with van der Waals surface area (Å²) in [5.74, 6) is 1.72. The third-order valence-electron chi connectivity index (χ3n) is 5.05. The predicted molar refractivity (Wildman–Crippen MR) is 105 cm³/mol. The summed E-state index contributed by atoms with van der Waals surface area (Å²) in [5.41, 5.74) is 0. The first kappa shape index (κ1) is 19.8. The van der Waals surface area contributed by atoms with E-state index in [0.29, 0.717) is 6.04 Å². The maximum atomic E-state index is 4.88. The van der Waals surface area contributed by atoms with Gasteiger partial charge in [0, 0.05) is 38.1 Å². The van der Waals surface area contributed by atoms with Gasteiger partial charge in [-0.1, -0.05) is 19.3 Å². The molecule has 1 aromatic rings. The van der Waals surface area contributed by atoms with E-state index >= 15 is 0 Å². The van der Waals surface area contributed by atoms with Gasteiger partial charge in [0.2, 0.25) is 0 Å². The zero-order valence-electron chi connectivity index (χ0n) is 16.2.